The van der Waals surface area contributed by atoms with E-state index in [9.17, 15) is 4.91 Å². The van der Waals surface area contributed by atoms with Gasteiger partial charge >= 0.3 is 0 Å². The second-order valence-electron chi connectivity index (χ2n) is 12.3. The summed E-state index contributed by atoms with van der Waals surface area (Å²) in [5.41, 5.74) is 7.08. The molecule has 5 heteroatoms. The van der Waals surface area contributed by atoms with Gasteiger partial charge in [-0.1, -0.05) is 78.6 Å². The first-order chi connectivity index (χ1) is 17.6. The fourth-order valence-electron chi connectivity index (χ4n) is 5.70. The Kier molecular flexibility index (Phi) is 8.63. The van der Waals surface area contributed by atoms with Gasteiger partial charge in [0.1, 0.15) is 11.5 Å². The summed E-state index contributed by atoms with van der Waals surface area (Å²) >= 11 is 0. The van der Waals surface area contributed by atoms with E-state index in [-0.39, 0.29) is 5.41 Å². The van der Waals surface area contributed by atoms with Gasteiger partial charge in [0, 0.05) is 0 Å². The first kappa shape index (κ1) is 27.6. The summed E-state index contributed by atoms with van der Waals surface area (Å²) < 4.78 is 19.7. The van der Waals surface area contributed by atoms with E-state index >= 15 is 0 Å². The van der Waals surface area contributed by atoms with Gasteiger partial charge in [-0.25, -0.2) is 0 Å². The molecule has 0 spiro atoms. The molecule has 0 aromatic heterocycles. The van der Waals surface area contributed by atoms with Crippen LogP contribution in [0.4, 0.5) is 0 Å². The molecule has 2 aromatic rings. The molecule has 0 radical (unpaired) electrons. The molecule has 2 aromatic carbocycles. The predicted molar refractivity (Wildman–Crippen MR) is 149 cm³/mol. The molecular weight excluding hydrogens is 462 g/mol. The zero-order valence-electron chi connectivity index (χ0n) is 23.9. The van der Waals surface area contributed by atoms with Gasteiger partial charge in [-0.15, -0.1) is 0 Å². The largest absolute Gasteiger partial charge is 0.459 e. The zero-order chi connectivity index (χ0) is 26.7. The molecule has 0 saturated heterocycles. The maximum absolute atomic E-state index is 10.6. The molecule has 0 fully saturated rings. The summed E-state index contributed by atoms with van der Waals surface area (Å²) in [6, 6.07) is 9.07. The zero-order valence-corrected chi connectivity index (χ0v) is 23.9. The highest BCUT2D eigenvalue weighted by atomic mass is 16.8. The van der Waals surface area contributed by atoms with Crippen LogP contribution in [0.1, 0.15) is 138 Å². The average molecular weight is 508 g/mol. The Labute approximate surface area is 223 Å². The summed E-state index contributed by atoms with van der Waals surface area (Å²) in [6.45, 7) is 16.0. The lowest BCUT2D eigenvalue weighted by atomic mass is 9.80. The number of nitroso groups, excluding NO2 is 1. The van der Waals surface area contributed by atoms with Crippen molar-refractivity contribution in [2.45, 2.75) is 118 Å². The Bertz CT molecular complexity index is 1100. The fraction of sp³-hybridized carbons (Fsp3) is 0.625. The summed E-state index contributed by atoms with van der Waals surface area (Å²) in [7, 11) is 0. The van der Waals surface area contributed by atoms with Crippen LogP contribution >= 0.6 is 0 Å². The average Bonchev–Trinajstić information content (AvgIpc) is 2.84. The first-order valence-corrected chi connectivity index (χ1v) is 14.2. The van der Waals surface area contributed by atoms with E-state index in [4.69, 9.17) is 14.2 Å². The minimum Gasteiger partial charge on any atom is -0.459 e. The van der Waals surface area contributed by atoms with Crippen LogP contribution < -0.4 is 9.47 Å². The van der Waals surface area contributed by atoms with Gasteiger partial charge in [0.25, 0.3) is 0 Å². The monoisotopic (exact) mass is 507 g/mol. The molecule has 2 aliphatic heterocycles. The van der Waals surface area contributed by atoms with Gasteiger partial charge in [0.05, 0.1) is 17.7 Å². The molecule has 4 rings (SSSR count). The maximum atomic E-state index is 10.6. The topological polar surface area (TPSA) is 57.1 Å². The number of benzene rings is 2. The van der Waals surface area contributed by atoms with E-state index in [2.05, 4.69) is 77.9 Å². The van der Waals surface area contributed by atoms with E-state index in [0.29, 0.717) is 18.4 Å². The van der Waals surface area contributed by atoms with Crippen molar-refractivity contribution < 1.29 is 14.2 Å². The molecule has 0 N–H and O–H groups in total. The van der Waals surface area contributed by atoms with Crippen molar-refractivity contribution >= 4 is 0 Å². The maximum Gasteiger partial charge on any atom is 0.233 e. The number of hydrogen-bond donors (Lipinski definition) is 0. The Balaban J connectivity index is 1.69. The Morgan fingerprint density at radius 1 is 0.838 bits per heavy atom. The third kappa shape index (κ3) is 6.19. The Morgan fingerprint density at radius 3 is 1.95 bits per heavy atom. The van der Waals surface area contributed by atoms with Crippen molar-refractivity contribution in [2.75, 3.05) is 6.54 Å². The number of fused-ring (bicyclic) bond motifs is 6. The second kappa shape index (κ2) is 11.6. The van der Waals surface area contributed by atoms with Crippen LogP contribution in [-0.2, 0) is 17.6 Å². The number of hydrogen-bond acceptors (Lipinski definition) is 5. The van der Waals surface area contributed by atoms with Crippen molar-refractivity contribution in [2.24, 2.45) is 10.6 Å². The van der Waals surface area contributed by atoms with Crippen LogP contribution in [0, 0.1) is 10.3 Å². The van der Waals surface area contributed by atoms with Crippen LogP contribution in [0.15, 0.2) is 29.4 Å². The molecule has 37 heavy (non-hydrogen) atoms. The number of ether oxygens (including phenoxy) is 3. The number of aryl methyl sites for hydroxylation is 1. The molecule has 2 aliphatic rings. The lowest BCUT2D eigenvalue weighted by Gasteiger charge is -2.40. The summed E-state index contributed by atoms with van der Waals surface area (Å²) in [5, 5.41) is 3.04. The van der Waals surface area contributed by atoms with Gasteiger partial charge in [0.2, 0.25) is 12.6 Å². The van der Waals surface area contributed by atoms with E-state index in [1.165, 1.54) is 41.5 Å². The summed E-state index contributed by atoms with van der Waals surface area (Å²) in [5.74, 6) is 2.49. The molecule has 0 saturated carbocycles. The summed E-state index contributed by atoms with van der Waals surface area (Å²) in [4.78, 5) is 10.6. The highest BCUT2D eigenvalue weighted by Gasteiger charge is 2.41. The first-order valence-electron chi connectivity index (χ1n) is 14.2. The van der Waals surface area contributed by atoms with E-state index < -0.39 is 12.6 Å². The van der Waals surface area contributed by atoms with Crippen molar-refractivity contribution in [3.63, 3.8) is 0 Å². The third-order valence-electron chi connectivity index (χ3n) is 7.72. The van der Waals surface area contributed by atoms with Crippen LogP contribution in [0.3, 0.4) is 0 Å². The molecule has 2 bridgehead atoms. The van der Waals surface area contributed by atoms with Gasteiger partial charge < -0.3 is 9.47 Å². The fourth-order valence-corrected chi connectivity index (χ4v) is 5.70. The second-order valence-corrected chi connectivity index (χ2v) is 12.3. The van der Waals surface area contributed by atoms with Crippen molar-refractivity contribution in [3.05, 3.63) is 62.6 Å². The molecule has 2 atom stereocenters. The highest BCUT2D eigenvalue weighted by Crippen LogP contribution is 2.52. The van der Waals surface area contributed by atoms with Crippen LogP contribution in [-0.4, -0.2) is 6.54 Å². The van der Waals surface area contributed by atoms with Crippen LogP contribution in [0.2, 0.25) is 0 Å². The number of rotatable bonds is 12. The molecule has 0 amide bonds. The minimum atomic E-state index is -0.482. The van der Waals surface area contributed by atoms with E-state index in [1.54, 1.807) is 0 Å². The van der Waals surface area contributed by atoms with E-state index in [0.717, 1.165) is 48.3 Å². The summed E-state index contributed by atoms with van der Waals surface area (Å²) in [6.07, 6.45) is 6.43. The smallest absolute Gasteiger partial charge is 0.233 e. The normalized spacial score (nSPS) is 18.3. The predicted octanol–water partition coefficient (Wildman–Crippen LogP) is 9.28. The Morgan fingerprint density at radius 2 is 1.41 bits per heavy atom. The van der Waals surface area contributed by atoms with E-state index in [1.807, 2.05) is 0 Å². The molecule has 2 unspecified atom stereocenters. The Hall–Kier alpha value is -2.40. The third-order valence-corrected chi connectivity index (χ3v) is 7.72. The lowest BCUT2D eigenvalue weighted by Crippen LogP contribution is -2.32. The number of unbranched alkanes of at least 4 members (excludes halogenated alkanes) is 2. The molecule has 202 valence electrons. The van der Waals surface area contributed by atoms with Crippen molar-refractivity contribution in [1.82, 2.24) is 0 Å². The minimum absolute atomic E-state index is 0.0606. The van der Waals surface area contributed by atoms with Crippen molar-refractivity contribution in [1.29, 1.82) is 0 Å². The number of nitrogens with zero attached hydrogens (tertiary/aromatic N) is 1. The molecule has 2 heterocycles. The SMILES string of the molecule is CCCCCc1cc(C(C)C)c2c(c1)C1Oc3c(C(C)C)cc(CC(C)(C)CCCN=O)cc3C(O2)O1. The molecule has 5 nitrogen and oxygen atoms in total. The standard InChI is InChI=1S/C32H45NO4/c1-8-9-10-12-22-15-24(20(2)3)28-26(16-22)30-36-29-25(21(4)5)17-23(18-27(29)31(35-28)37-30)19-32(6,7)13-11-14-33-34/h15-18,20-21,30-31H,8-14,19H2,1-7H3. The quantitative estimate of drug-likeness (QED) is 0.212. The van der Waals surface area contributed by atoms with Crippen LogP contribution in [0.25, 0.3) is 0 Å². The lowest BCUT2D eigenvalue weighted by molar-refractivity contribution is -0.228. The van der Waals surface area contributed by atoms with Gasteiger partial charge in [-0.05, 0) is 83.7 Å². The highest BCUT2D eigenvalue weighted by molar-refractivity contribution is 5.53. The van der Waals surface area contributed by atoms with Crippen molar-refractivity contribution in [3.8, 4) is 11.5 Å². The van der Waals surface area contributed by atoms with Gasteiger partial charge in [-0.3, -0.25) is 4.74 Å². The van der Waals surface area contributed by atoms with Gasteiger partial charge in [0.15, 0.2) is 0 Å². The molecular formula is C32H45NO4. The van der Waals surface area contributed by atoms with Crippen LogP contribution in [0.5, 0.6) is 11.5 Å². The van der Waals surface area contributed by atoms with Gasteiger partial charge in [-0.2, -0.15) is 4.91 Å². The molecule has 0 aliphatic carbocycles.